The molecule has 0 saturated carbocycles. The molecule has 2 aromatic carbocycles. The normalized spacial score (nSPS) is 11.5. The fraction of sp³-hybridized carbons (Fsp3) is 0.568. The van der Waals surface area contributed by atoms with E-state index < -0.39 is 0 Å². The molecule has 0 radical (unpaired) electrons. The summed E-state index contributed by atoms with van der Waals surface area (Å²) in [5.74, 6) is 1.14. The summed E-state index contributed by atoms with van der Waals surface area (Å²) in [5.41, 5.74) is 5.19. The number of unbranched alkanes of at least 4 members (excludes halogenated alkanes) is 11. The second-order valence-corrected chi connectivity index (χ2v) is 13.9. The Morgan fingerprint density at radius 2 is 1.51 bits per heavy atom. The van der Waals surface area contributed by atoms with Gasteiger partial charge in [0, 0.05) is 11.3 Å². The van der Waals surface area contributed by atoms with Crippen LogP contribution < -0.4 is 19.4 Å². The lowest BCUT2D eigenvalue weighted by Gasteiger charge is -2.21. The number of thiazole rings is 1. The van der Waals surface area contributed by atoms with Crippen LogP contribution in [0.2, 0.25) is 0 Å². The van der Waals surface area contributed by atoms with Crippen molar-refractivity contribution >= 4 is 22.9 Å². The molecule has 0 spiro atoms. The van der Waals surface area contributed by atoms with Crippen LogP contribution in [0.5, 0.6) is 11.5 Å². The van der Waals surface area contributed by atoms with Gasteiger partial charge in [-0.05, 0) is 48.6 Å². The molecule has 1 amide bonds. The third kappa shape index (κ3) is 13.5. The summed E-state index contributed by atoms with van der Waals surface area (Å²) in [6.07, 6.45) is 17.9. The molecule has 0 aliphatic rings. The van der Waals surface area contributed by atoms with Gasteiger partial charge in [0.2, 0.25) is 5.51 Å². The van der Waals surface area contributed by atoms with E-state index in [9.17, 15) is 4.79 Å². The van der Waals surface area contributed by atoms with E-state index in [1.165, 1.54) is 81.1 Å². The zero-order chi connectivity index (χ0) is 30.9. The summed E-state index contributed by atoms with van der Waals surface area (Å²) in [6, 6.07) is 14.0. The number of amides is 1. The molecule has 0 aliphatic carbocycles. The molecule has 0 bridgehead atoms. The maximum absolute atomic E-state index is 12.8. The molecule has 3 rings (SSSR count). The Kier molecular flexibility index (Phi) is 15.1. The van der Waals surface area contributed by atoms with Gasteiger partial charge in [0.1, 0.15) is 0 Å². The van der Waals surface area contributed by atoms with E-state index in [4.69, 9.17) is 9.47 Å². The number of rotatable bonds is 20. The van der Waals surface area contributed by atoms with Gasteiger partial charge in [0.05, 0.1) is 11.5 Å². The zero-order valence-electron chi connectivity index (χ0n) is 27.4. The second kappa shape index (κ2) is 18.7. The van der Waals surface area contributed by atoms with Gasteiger partial charge < -0.3 is 14.8 Å². The highest BCUT2D eigenvalue weighted by atomic mass is 32.1. The van der Waals surface area contributed by atoms with Crippen molar-refractivity contribution in [1.82, 2.24) is 0 Å². The van der Waals surface area contributed by atoms with Crippen LogP contribution in [0.15, 0.2) is 54.2 Å². The number of benzene rings is 2. The maximum Gasteiger partial charge on any atom is 0.262 e. The molecule has 0 fully saturated rings. The molecule has 1 aromatic heterocycles. The van der Waals surface area contributed by atoms with Crippen molar-refractivity contribution in [3.8, 4) is 11.5 Å². The first-order chi connectivity index (χ1) is 20.7. The molecule has 0 aliphatic heterocycles. The highest BCUT2D eigenvalue weighted by molar-refractivity contribution is 7.09. The average molecular weight is 608 g/mol. The van der Waals surface area contributed by atoms with Crippen LogP contribution in [0.3, 0.4) is 0 Å². The van der Waals surface area contributed by atoms with Crippen LogP contribution in [0.1, 0.15) is 121 Å². The van der Waals surface area contributed by atoms with Gasteiger partial charge in [0.15, 0.2) is 30.8 Å². The minimum Gasteiger partial charge on any atom is -0.490 e. The topological polar surface area (TPSA) is 51.4 Å². The van der Waals surface area contributed by atoms with Crippen molar-refractivity contribution < 1.29 is 18.8 Å². The predicted octanol–water partition coefficient (Wildman–Crippen LogP) is 9.79. The van der Waals surface area contributed by atoms with Gasteiger partial charge in [-0.3, -0.25) is 4.79 Å². The summed E-state index contributed by atoms with van der Waals surface area (Å²) < 4.78 is 14.4. The first-order valence-corrected chi connectivity index (χ1v) is 17.4. The van der Waals surface area contributed by atoms with Crippen LogP contribution in [-0.2, 0) is 16.8 Å². The van der Waals surface area contributed by atoms with E-state index >= 15 is 0 Å². The van der Waals surface area contributed by atoms with E-state index in [0.29, 0.717) is 18.1 Å². The molecule has 6 heteroatoms. The van der Waals surface area contributed by atoms with Crippen molar-refractivity contribution in [1.29, 1.82) is 0 Å². The number of anilines is 1. The molecule has 0 unspecified atom stereocenters. The Labute approximate surface area is 265 Å². The van der Waals surface area contributed by atoms with Crippen molar-refractivity contribution in [2.75, 3.05) is 18.5 Å². The van der Waals surface area contributed by atoms with Gasteiger partial charge in [-0.1, -0.05) is 128 Å². The number of aryl methyl sites for hydroxylation is 1. The Morgan fingerprint density at radius 1 is 0.837 bits per heavy atom. The van der Waals surface area contributed by atoms with E-state index in [2.05, 4.69) is 74.4 Å². The lowest BCUT2D eigenvalue weighted by molar-refractivity contribution is -0.683. The Bertz CT molecular complexity index is 1230. The van der Waals surface area contributed by atoms with Crippen molar-refractivity contribution in [2.45, 2.75) is 124 Å². The molecular formula is C37H55N2O3S+. The number of hydrogen-bond acceptors (Lipinski definition) is 4. The lowest BCUT2D eigenvalue weighted by Crippen LogP contribution is -2.30. The fourth-order valence-electron chi connectivity index (χ4n) is 5.16. The molecule has 0 atom stereocenters. The highest BCUT2D eigenvalue weighted by Gasteiger charge is 2.18. The average Bonchev–Trinajstić information content (AvgIpc) is 3.38. The number of carbonyl (C=O) groups is 1. The summed E-state index contributed by atoms with van der Waals surface area (Å²) in [5, 5.41) is 2.98. The Morgan fingerprint density at radius 3 is 2.14 bits per heavy atom. The summed E-state index contributed by atoms with van der Waals surface area (Å²) in [4.78, 5) is 14.1. The summed E-state index contributed by atoms with van der Waals surface area (Å²) >= 11 is 1.73. The quantitative estimate of drug-likeness (QED) is 0.103. The van der Waals surface area contributed by atoms with Crippen LogP contribution in [0.4, 0.5) is 5.69 Å². The third-order valence-corrected chi connectivity index (χ3v) is 8.57. The van der Waals surface area contributed by atoms with E-state index in [-0.39, 0.29) is 17.9 Å². The number of nitrogens with one attached hydrogen (secondary N) is 1. The van der Waals surface area contributed by atoms with Gasteiger partial charge in [-0.15, -0.1) is 0 Å². The molecule has 1 heterocycles. The number of nitrogens with zero attached hydrogens (tertiary/aromatic N) is 1. The highest BCUT2D eigenvalue weighted by Crippen LogP contribution is 2.33. The standard InChI is InChI=1S/C37H54N2O3S/c1-6-7-8-9-10-11-12-13-14-15-16-17-23-41-35-25-32(37(3,4)5)21-22-34(35)42-28-36(40)38-33-20-18-19-31(24-33)27-39-26-30(2)43-29-39/h18-22,24-26,29H,6-17,23,27-28H2,1-5H3/p+1. The number of aromatic nitrogens is 1. The maximum atomic E-state index is 12.8. The monoisotopic (exact) mass is 607 g/mol. The smallest absolute Gasteiger partial charge is 0.262 e. The number of carbonyl (C=O) groups excluding carboxylic acids is 1. The zero-order valence-corrected chi connectivity index (χ0v) is 28.2. The van der Waals surface area contributed by atoms with Crippen molar-refractivity contribution in [3.05, 3.63) is 70.2 Å². The van der Waals surface area contributed by atoms with E-state index in [0.717, 1.165) is 24.2 Å². The lowest BCUT2D eigenvalue weighted by atomic mass is 9.87. The van der Waals surface area contributed by atoms with Gasteiger partial charge in [-0.25, -0.2) is 0 Å². The first-order valence-electron chi connectivity index (χ1n) is 16.5. The predicted molar refractivity (Wildman–Crippen MR) is 181 cm³/mol. The van der Waals surface area contributed by atoms with Gasteiger partial charge in [-0.2, -0.15) is 4.57 Å². The van der Waals surface area contributed by atoms with Crippen LogP contribution in [0.25, 0.3) is 0 Å². The molecule has 5 nitrogen and oxygen atoms in total. The third-order valence-electron chi connectivity index (χ3n) is 7.72. The van der Waals surface area contributed by atoms with Crippen LogP contribution in [-0.4, -0.2) is 19.1 Å². The summed E-state index contributed by atoms with van der Waals surface area (Å²) in [6.45, 7) is 12.3. The minimum atomic E-state index is -0.192. The van der Waals surface area contributed by atoms with Gasteiger partial charge in [0.25, 0.3) is 5.91 Å². The van der Waals surface area contributed by atoms with E-state index in [1.807, 2.05) is 24.3 Å². The largest absolute Gasteiger partial charge is 0.490 e. The summed E-state index contributed by atoms with van der Waals surface area (Å²) in [7, 11) is 0. The van der Waals surface area contributed by atoms with Crippen LogP contribution >= 0.6 is 11.3 Å². The van der Waals surface area contributed by atoms with Gasteiger partial charge >= 0.3 is 0 Å². The fourth-order valence-corrected chi connectivity index (χ4v) is 5.79. The van der Waals surface area contributed by atoms with E-state index in [1.54, 1.807) is 11.3 Å². The van der Waals surface area contributed by atoms with Crippen molar-refractivity contribution in [3.63, 3.8) is 0 Å². The first kappa shape index (κ1) is 34.6. The SMILES string of the molecule is CCCCCCCCCCCCCCOc1cc(C(C)(C)C)ccc1OCC(=O)Nc1cccc(C[n+]2csc(C)c2)c1. The Hall–Kier alpha value is -2.86. The minimum absolute atomic E-state index is 0.00492. The van der Waals surface area contributed by atoms with Crippen molar-refractivity contribution in [2.24, 2.45) is 0 Å². The molecule has 1 N–H and O–H groups in total. The molecule has 43 heavy (non-hydrogen) atoms. The molecular weight excluding hydrogens is 552 g/mol. The number of hydrogen-bond donors (Lipinski definition) is 1. The molecule has 236 valence electrons. The molecule has 0 saturated heterocycles. The number of ether oxygens (including phenoxy) is 2. The molecule has 3 aromatic rings. The Balaban J connectivity index is 1.43. The van der Waals surface area contributed by atoms with Crippen LogP contribution in [0, 0.1) is 6.92 Å². The second-order valence-electron chi connectivity index (χ2n) is 12.8.